The Bertz CT molecular complexity index is 1200. The molecule has 4 N–H and O–H groups in total. The van der Waals surface area contributed by atoms with Crippen LogP contribution in [-0.2, 0) is 16.6 Å². The van der Waals surface area contributed by atoms with Crippen LogP contribution in [0.25, 0.3) is 10.1 Å². The number of carboxylic acid groups (broad SMARTS) is 1. The smallest absolute Gasteiger partial charge is 0.412 e. The van der Waals surface area contributed by atoms with E-state index in [-0.39, 0.29) is 11.4 Å². The lowest BCUT2D eigenvalue weighted by Crippen LogP contribution is -2.29. The molecule has 27 heavy (non-hydrogen) atoms. The number of sulfonamides is 1. The Hall–Kier alpha value is -2.95. The van der Waals surface area contributed by atoms with Crippen molar-refractivity contribution in [1.82, 2.24) is 4.90 Å². The average Bonchev–Trinajstić information content (AvgIpc) is 3.03. The molecule has 0 bridgehead atoms. The second-order valence-electron chi connectivity index (χ2n) is 5.95. The van der Waals surface area contributed by atoms with Gasteiger partial charge in [0.15, 0.2) is 0 Å². The fourth-order valence-corrected chi connectivity index (χ4v) is 4.51. The number of amides is 1. The lowest BCUT2D eigenvalue weighted by Gasteiger charge is -2.20. The molecule has 2 aromatic carbocycles. The maximum absolute atomic E-state index is 11.5. The number of thiophene rings is 1. The first-order valence-corrected chi connectivity index (χ1v) is 10.2. The molecule has 3 aromatic rings. The summed E-state index contributed by atoms with van der Waals surface area (Å²) in [5, 5.41) is 19.3. The summed E-state index contributed by atoms with van der Waals surface area (Å²) >= 11 is 1.45. The molecule has 0 aliphatic carbocycles. The van der Waals surface area contributed by atoms with Crippen LogP contribution in [0.5, 0.6) is 0 Å². The van der Waals surface area contributed by atoms with Gasteiger partial charge in [-0.15, -0.1) is 11.3 Å². The number of fused-ring (bicyclic) bond motifs is 3. The molecule has 138 valence electrons. The number of anilines is 2. The zero-order chi connectivity index (χ0) is 19.2. The highest BCUT2D eigenvalue weighted by molar-refractivity contribution is 7.89. The quantitative estimate of drug-likeness (QED) is 0.619. The van der Waals surface area contributed by atoms with Gasteiger partial charge in [-0.1, -0.05) is 12.1 Å². The Morgan fingerprint density at radius 3 is 2.81 bits per heavy atom. The predicted molar refractivity (Wildman–Crippen MR) is 105 cm³/mol. The van der Waals surface area contributed by atoms with E-state index in [0.717, 1.165) is 31.2 Å². The van der Waals surface area contributed by atoms with Crippen LogP contribution < -0.4 is 10.5 Å². The maximum atomic E-state index is 11.5. The van der Waals surface area contributed by atoms with Crippen molar-refractivity contribution < 1.29 is 18.3 Å². The molecule has 1 amide bonds. The van der Waals surface area contributed by atoms with E-state index < -0.39 is 16.1 Å². The Kier molecular flexibility index (Phi) is 4.10. The Morgan fingerprint density at radius 2 is 2.07 bits per heavy atom. The van der Waals surface area contributed by atoms with Gasteiger partial charge in [-0.3, -0.25) is 4.90 Å². The van der Waals surface area contributed by atoms with Crippen LogP contribution in [-0.4, -0.2) is 30.9 Å². The largest absolute Gasteiger partial charge is 0.465 e. The third-order valence-corrected chi connectivity index (χ3v) is 6.14. The number of aliphatic imine (C=N–C) groups is 1. The molecule has 0 saturated carbocycles. The average molecular weight is 402 g/mol. The second kappa shape index (κ2) is 6.34. The number of hydrogen-bond donors (Lipinski definition) is 3. The Labute approximate surface area is 158 Å². The van der Waals surface area contributed by atoms with Gasteiger partial charge in [0, 0.05) is 16.0 Å². The van der Waals surface area contributed by atoms with Crippen LogP contribution >= 0.6 is 11.3 Å². The molecule has 4 rings (SSSR count). The van der Waals surface area contributed by atoms with E-state index >= 15 is 0 Å². The van der Waals surface area contributed by atoms with Crippen LogP contribution in [0.2, 0.25) is 0 Å². The first-order valence-electron chi connectivity index (χ1n) is 7.80. The third-order valence-electron chi connectivity index (χ3n) is 4.11. The van der Waals surface area contributed by atoms with Crippen molar-refractivity contribution in [2.75, 3.05) is 5.32 Å². The zero-order valence-electron chi connectivity index (χ0n) is 13.8. The predicted octanol–water partition coefficient (Wildman–Crippen LogP) is 3.45. The van der Waals surface area contributed by atoms with Gasteiger partial charge in [0.1, 0.15) is 6.34 Å². The van der Waals surface area contributed by atoms with Gasteiger partial charge in [0.2, 0.25) is 10.0 Å². The Balaban J connectivity index is 1.71. The maximum Gasteiger partial charge on any atom is 0.412 e. The molecule has 2 heterocycles. The number of carbonyl (C=O) groups is 1. The Morgan fingerprint density at radius 1 is 1.26 bits per heavy atom. The monoisotopic (exact) mass is 402 g/mol. The number of primary sulfonamides is 1. The fraction of sp³-hybridized carbons (Fsp3) is 0.0588. The number of hydrogen-bond acceptors (Lipinski definition) is 6. The van der Waals surface area contributed by atoms with Gasteiger partial charge in [-0.25, -0.2) is 23.3 Å². The summed E-state index contributed by atoms with van der Waals surface area (Å²) in [5.74, 6) is 0. The number of benzene rings is 2. The van der Waals surface area contributed by atoms with Crippen molar-refractivity contribution in [3.8, 4) is 0 Å². The topological polar surface area (TPSA) is 125 Å². The van der Waals surface area contributed by atoms with Crippen molar-refractivity contribution in [2.45, 2.75) is 11.4 Å². The van der Waals surface area contributed by atoms with Crippen molar-refractivity contribution in [1.29, 1.82) is 0 Å². The van der Waals surface area contributed by atoms with E-state index in [1.807, 2.05) is 18.2 Å². The van der Waals surface area contributed by atoms with Gasteiger partial charge in [-0.05, 0) is 35.7 Å². The summed E-state index contributed by atoms with van der Waals surface area (Å²) in [7, 11) is -3.78. The third kappa shape index (κ3) is 3.37. The van der Waals surface area contributed by atoms with Crippen LogP contribution in [0.1, 0.15) is 5.56 Å². The SMILES string of the molecule is NS(=O)(=O)c1cccc(Nc2cc3ccc4c(c3s2)CN(C(=O)O)C=N4)c1. The second-order valence-corrected chi connectivity index (χ2v) is 8.56. The molecular formula is C17H14N4O4S2. The van der Waals surface area contributed by atoms with Crippen molar-refractivity contribution in [2.24, 2.45) is 10.1 Å². The number of nitrogens with zero attached hydrogens (tertiary/aromatic N) is 2. The minimum absolute atomic E-state index is 0.0254. The van der Waals surface area contributed by atoms with E-state index in [0.29, 0.717) is 5.69 Å². The summed E-state index contributed by atoms with van der Waals surface area (Å²) in [5.41, 5.74) is 2.17. The number of rotatable bonds is 3. The summed E-state index contributed by atoms with van der Waals surface area (Å²) in [6, 6.07) is 11.9. The standard InChI is InChI=1S/C17H14N4O4S2/c18-27(24,25)12-3-1-2-11(7-12)20-15-6-10-4-5-14-13(16(10)26-15)8-21(9-19-14)17(22)23/h1-7,9,20H,8H2,(H,22,23)(H2,18,24,25). The van der Waals surface area contributed by atoms with Gasteiger partial charge < -0.3 is 10.4 Å². The summed E-state index contributed by atoms with van der Waals surface area (Å²) in [6.07, 6.45) is 0.248. The molecule has 1 aromatic heterocycles. The molecule has 0 fully saturated rings. The molecule has 8 nitrogen and oxygen atoms in total. The molecule has 0 radical (unpaired) electrons. The highest BCUT2D eigenvalue weighted by Crippen LogP contribution is 2.39. The first kappa shape index (κ1) is 17.5. The lowest BCUT2D eigenvalue weighted by atomic mass is 10.1. The van der Waals surface area contributed by atoms with Gasteiger partial charge in [0.05, 0.1) is 22.1 Å². The van der Waals surface area contributed by atoms with Gasteiger partial charge in [-0.2, -0.15) is 0 Å². The fourth-order valence-electron chi connectivity index (χ4n) is 2.84. The van der Waals surface area contributed by atoms with Crippen LogP contribution in [0.15, 0.2) is 52.4 Å². The van der Waals surface area contributed by atoms with E-state index in [9.17, 15) is 18.3 Å². The summed E-state index contributed by atoms with van der Waals surface area (Å²) in [6.45, 7) is 0.229. The van der Waals surface area contributed by atoms with E-state index in [1.165, 1.54) is 29.8 Å². The van der Waals surface area contributed by atoms with Crippen molar-refractivity contribution in [3.63, 3.8) is 0 Å². The molecule has 10 heteroatoms. The molecule has 0 unspecified atom stereocenters. The van der Waals surface area contributed by atoms with Crippen LogP contribution in [0.3, 0.4) is 0 Å². The van der Waals surface area contributed by atoms with Crippen LogP contribution in [0.4, 0.5) is 21.2 Å². The lowest BCUT2D eigenvalue weighted by molar-refractivity contribution is 0.168. The summed E-state index contributed by atoms with van der Waals surface area (Å²) in [4.78, 5) is 16.6. The van der Waals surface area contributed by atoms with E-state index in [2.05, 4.69) is 10.3 Å². The molecule has 0 atom stereocenters. The van der Waals surface area contributed by atoms with E-state index in [1.54, 1.807) is 12.1 Å². The number of nitrogens with one attached hydrogen (secondary N) is 1. The van der Waals surface area contributed by atoms with Crippen molar-refractivity contribution >= 4 is 60.3 Å². The molecule has 1 aliphatic rings. The molecule has 0 saturated heterocycles. The highest BCUT2D eigenvalue weighted by Gasteiger charge is 2.20. The molecule has 1 aliphatic heterocycles. The number of nitrogens with two attached hydrogens (primary N) is 1. The molecule has 0 spiro atoms. The van der Waals surface area contributed by atoms with Crippen LogP contribution in [0, 0.1) is 0 Å². The van der Waals surface area contributed by atoms with Gasteiger partial charge >= 0.3 is 6.09 Å². The minimum atomic E-state index is -3.78. The highest BCUT2D eigenvalue weighted by atomic mass is 32.2. The van der Waals surface area contributed by atoms with E-state index in [4.69, 9.17) is 5.14 Å². The summed E-state index contributed by atoms with van der Waals surface area (Å²) < 4.78 is 24.0. The van der Waals surface area contributed by atoms with Crippen molar-refractivity contribution in [3.05, 3.63) is 48.0 Å². The molecular weight excluding hydrogens is 388 g/mol. The van der Waals surface area contributed by atoms with Gasteiger partial charge in [0.25, 0.3) is 0 Å². The first-order chi connectivity index (χ1) is 12.8. The zero-order valence-corrected chi connectivity index (χ0v) is 15.4. The minimum Gasteiger partial charge on any atom is -0.465 e. The normalized spacial score (nSPS) is 13.6.